The average Bonchev–Trinajstić information content (AvgIpc) is 2.70. The predicted molar refractivity (Wildman–Crippen MR) is 49.0 cm³/mol. The Kier molecular flexibility index (Phi) is 2.06. The molecule has 1 aromatic heterocycles. The third-order valence-corrected chi connectivity index (χ3v) is 2.66. The molecule has 4 nitrogen and oxygen atoms in total. The number of carboxylic acids is 1. The van der Waals surface area contributed by atoms with Gasteiger partial charge in [0.15, 0.2) is 5.89 Å². The summed E-state index contributed by atoms with van der Waals surface area (Å²) >= 11 is 0. The van der Waals surface area contributed by atoms with Gasteiger partial charge in [-0.2, -0.15) is 0 Å². The monoisotopic (exact) mass is 195 g/mol. The highest BCUT2D eigenvalue weighted by atomic mass is 16.4. The second-order valence-corrected chi connectivity index (χ2v) is 4.09. The summed E-state index contributed by atoms with van der Waals surface area (Å²) in [5.74, 6) is 0.633. The number of carbonyl (C=O) groups is 1. The third-order valence-electron chi connectivity index (χ3n) is 2.66. The second kappa shape index (κ2) is 3.12. The Bertz CT molecular complexity index is 352. The summed E-state index contributed by atoms with van der Waals surface area (Å²) in [5.41, 5.74) is 0.126. The molecule has 0 amide bonds. The summed E-state index contributed by atoms with van der Waals surface area (Å²) in [6, 6.07) is 0. The minimum atomic E-state index is -0.805. The Morgan fingerprint density at radius 2 is 2.43 bits per heavy atom. The van der Waals surface area contributed by atoms with Gasteiger partial charge in [-0.05, 0) is 12.8 Å². The molecule has 1 N–H and O–H groups in total. The number of rotatable bonds is 4. The van der Waals surface area contributed by atoms with Crippen molar-refractivity contribution in [1.29, 1.82) is 0 Å². The molecular weight excluding hydrogens is 182 g/mol. The van der Waals surface area contributed by atoms with Crippen molar-refractivity contribution in [3.8, 4) is 0 Å². The minimum Gasteiger partial charge on any atom is -0.481 e. The Balaban J connectivity index is 1.99. The molecule has 4 heteroatoms. The number of aryl methyl sites for hydroxylation is 1. The molecule has 0 aliphatic heterocycles. The van der Waals surface area contributed by atoms with Crippen LogP contribution in [0.25, 0.3) is 0 Å². The normalized spacial score (nSPS) is 18.1. The van der Waals surface area contributed by atoms with Crippen LogP contribution < -0.4 is 0 Å². The van der Waals surface area contributed by atoms with Crippen LogP contribution in [0.1, 0.15) is 37.8 Å². The lowest BCUT2D eigenvalue weighted by Crippen LogP contribution is -1.99. The Hall–Kier alpha value is -1.32. The SMILES string of the molecule is CC1(c2ncc(CCC(=O)O)o2)CC1. The molecule has 0 aromatic carbocycles. The molecule has 1 fully saturated rings. The lowest BCUT2D eigenvalue weighted by Gasteiger charge is -1.99. The van der Waals surface area contributed by atoms with E-state index in [1.165, 1.54) is 0 Å². The molecule has 0 saturated heterocycles. The van der Waals surface area contributed by atoms with E-state index in [1.807, 2.05) is 0 Å². The molecule has 0 unspecified atom stereocenters. The Labute approximate surface area is 81.9 Å². The summed E-state index contributed by atoms with van der Waals surface area (Å²) in [4.78, 5) is 14.5. The van der Waals surface area contributed by atoms with Crippen molar-refractivity contribution in [1.82, 2.24) is 4.98 Å². The van der Waals surface area contributed by atoms with Crippen LogP contribution in [0.2, 0.25) is 0 Å². The molecule has 1 saturated carbocycles. The van der Waals surface area contributed by atoms with Gasteiger partial charge in [0.1, 0.15) is 5.76 Å². The van der Waals surface area contributed by atoms with Gasteiger partial charge >= 0.3 is 5.97 Å². The fourth-order valence-corrected chi connectivity index (χ4v) is 1.33. The van der Waals surface area contributed by atoms with Crippen LogP contribution in [-0.2, 0) is 16.6 Å². The molecule has 0 bridgehead atoms. The van der Waals surface area contributed by atoms with Crippen LogP contribution in [0, 0.1) is 0 Å². The molecule has 1 aromatic rings. The molecule has 14 heavy (non-hydrogen) atoms. The van der Waals surface area contributed by atoms with Crippen molar-refractivity contribution >= 4 is 5.97 Å². The van der Waals surface area contributed by atoms with E-state index >= 15 is 0 Å². The van der Waals surface area contributed by atoms with Gasteiger partial charge in [0.2, 0.25) is 0 Å². The molecule has 1 aliphatic rings. The van der Waals surface area contributed by atoms with E-state index in [4.69, 9.17) is 9.52 Å². The van der Waals surface area contributed by atoms with Gasteiger partial charge < -0.3 is 9.52 Å². The lowest BCUT2D eigenvalue weighted by molar-refractivity contribution is -0.137. The van der Waals surface area contributed by atoms with Crippen molar-refractivity contribution in [3.05, 3.63) is 17.8 Å². The zero-order chi connectivity index (χ0) is 10.2. The molecule has 1 aliphatic carbocycles. The third kappa shape index (κ3) is 1.78. The van der Waals surface area contributed by atoms with Crippen molar-refractivity contribution in [2.45, 2.75) is 38.0 Å². The summed E-state index contributed by atoms with van der Waals surface area (Å²) in [6.45, 7) is 2.11. The fourth-order valence-electron chi connectivity index (χ4n) is 1.33. The maximum atomic E-state index is 10.3. The van der Waals surface area contributed by atoms with E-state index in [2.05, 4.69) is 11.9 Å². The molecule has 76 valence electrons. The molecule has 0 spiro atoms. The number of aromatic nitrogens is 1. The average molecular weight is 195 g/mol. The highest BCUT2D eigenvalue weighted by Crippen LogP contribution is 2.46. The standard InChI is InChI=1S/C10H13NO3/c1-10(4-5-10)9-11-6-7(14-9)2-3-8(12)13/h6H,2-5H2,1H3,(H,12,13). The van der Waals surface area contributed by atoms with Crippen LogP contribution in [0.3, 0.4) is 0 Å². The van der Waals surface area contributed by atoms with E-state index < -0.39 is 5.97 Å². The van der Waals surface area contributed by atoms with Crippen molar-refractivity contribution in [2.75, 3.05) is 0 Å². The number of carboxylic acid groups (broad SMARTS) is 1. The Morgan fingerprint density at radius 3 is 3.00 bits per heavy atom. The van der Waals surface area contributed by atoms with Gasteiger partial charge in [-0.3, -0.25) is 4.79 Å². The number of oxazole rings is 1. The van der Waals surface area contributed by atoms with Gasteiger partial charge in [0, 0.05) is 11.8 Å². The number of hydrogen-bond donors (Lipinski definition) is 1. The maximum absolute atomic E-state index is 10.3. The van der Waals surface area contributed by atoms with E-state index in [0.29, 0.717) is 12.2 Å². The van der Waals surface area contributed by atoms with E-state index in [1.54, 1.807) is 6.20 Å². The molecular formula is C10H13NO3. The lowest BCUT2D eigenvalue weighted by atomic mass is 10.1. The zero-order valence-electron chi connectivity index (χ0n) is 8.12. The highest BCUT2D eigenvalue weighted by molar-refractivity contribution is 5.66. The van der Waals surface area contributed by atoms with Gasteiger partial charge in [0.05, 0.1) is 12.6 Å². The topological polar surface area (TPSA) is 63.3 Å². The number of hydrogen-bond acceptors (Lipinski definition) is 3. The van der Waals surface area contributed by atoms with Crippen LogP contribution in [0.5, 0.6) is 0 Å². The van der Waals surface area contributed by atoms with Crippen LogP contribution >= 0.6 is 0 Å². The summed E-state index contributed by atoms with van der Waals surface area (Å²) in [6.07, 6.45) is 4.41. The van der Waals surface area contributed by atoms with E-state index in [0.717, 1.165) is 18.7 Å². The van der Waals surface area contributed by atoms with Crippen molar-refractivity contribution < 1.29 is 14.3 Å². The largest absolute Gasteiger partial charge is 0.481 e. The van der Waals surface area contributed by atoms with Gasteiger partial charge in [-0.25, -0.2) is 4.98 Å². The maximum Gasteiger partial charge on any atom is 0.303 e. The van der Waals surface area contributed by atoms with Gasteiger partial charge in [-0.15, -0.1) is 0 Å². The van der Waals surface area contributed by atoms with Crippen molar-refractivity contribution in [3.63, 3.8) is 0 Å². The van der Waals surface area contributed by atoms with Gasteiger partial charge in [-0.1, -0.05) is 6.92 Å². The van der Waals surface area contributed by atoms with Crippen LogP contribution in [0.15, 0.2) is 10.6 Å². The summed E-state index contributed by atoms with van der Waals surface area (Å²) in [5, 5.41) is 8.49. The minimum absolute atomic E-state index is 0.103. The fraction of sp³-hybridized carbons (Fsp3) is 0.600. The van der Waals surface area contributed by atoms with Crippen LogP contribution in [0.4, 0.5) is 0 Å². The smallest absolute Gasteiger partial charge is 0.303 e. The zero-order valence-corrected chi connectivity index (χ0v) is 8.12. The van der Waals surface area contributed by atoms with Crippen LogP contribution in [-0.4, -0.2) is 16.1 Å². The summed E-state index contributed by atoms with van der Waals surface area (Å²) in [7, 11) is 0. The first-order valence-corrected chi connectivity index (χ1v) is 4.77. The highest BCUT2D eigenvalue weighted by Gasteiger charge is 2.43. The molecule has 2 rings (SSSR count). The second-order valence-electron chi connectivity index (χ2n) is 4.09. The number of aliphatic carboxylic acids is 1. The first-order chi connectivity index (χ1) is 6.60. The Morgan fingerprint density at radius 1 is 1.71 bits per heavy atom. The van der Waals surface area contributed by atoms with Crippen molar-refractivity contribution in [2.24, 2.45) is 0 Å². The predicted octanol–water partition coefficient (Wildman–Crippen LogP) is 1.74. The summed E-state index contributed by atoms with van der Waals surface area (Å²) < 4.78 is 5.49. The van der Waals surface area contributed by atoms with Gasteiger partial charge in [0.25, 0.3) is 0 Å². The van der Waals surface area contributed by atoms with E-state index in [-0.39, 0.29) is 11.8 Å². The molecule has 0 radical (unpaired) electrons. The first kappa shape index (κ1) is 9.24. The molecule has 0 atom stereocenters. The van der Waals surface area contributed by atoms with E-state index in [9.17, 15) is 4.79 Å². The molecule has 1 heterocycles. The quantitative estimate of drug-likeness (QED) is 0.794. The number of nitrogens with zero attached hydrogens (tertiary/aromatic N) is 1. The first-order valence-electron chi connectivity index (χ1n) is 4.77.